The summed E-state index contributed by atoms with van der Waals surface area (Å²) in [6, 6.07) is 10.3. The molecule has 2 aromatic rings. The van der Waals surface area contributed by atoms with E-state index in [4.69, 9.17) is 4.74 Å². The van der Waals surface area contributed by atoms with Crippen molar-refractivity contribution in [3.63, 3.8) is 0 Å². The minimum Gasteiger partial charge on any atom is -0.488 e. The van der Waals surface area contributed by atoms with E-state index in [2.05, 4.69) is 15.9 Å². The summed E-state index contributed by atoms with van der Waals surface area (Å²) in [4.78, 5) is 0. The van der Waals surface area contributed by atoms with Gasteiger partial charge in [0.15, 0.2) is 0 Å². The molecule has 0 amide bonds. The predicted octanol–water partition coefficient (Wildman–Crippen LogP) is 3.97. The van der Waals surface area contributed by atoms with Crippen LogP contribution in [0.2, 0.25) is 0 Å². The summed E-state index contributed by atoms with van der Waals surface area (Å²) in [5.41, 5.74) is 2.10. The molecule has 0 aliphatic carbocycles. The number of hydrogen-bond acceptors (Lipinski definition) is 2. The van der Waals surface area contributed by atoms with Gasteiger partial charge < -0.3 is 9.84 Å². The van der Waals surface area contributed by atoms with E-state index in [1.54, 1.807) is 18.2 Å². The van der Waals surface area contributed by atoms with Crippen molar-refractivity contribution in [2.24, 2.45) is 0 Å². The number of para-hydroxylation sites is 1. The van der Waals surface area contributed by atoms with Crippen molar-refractivity contribution in [1.82, 2.24) is 0 Å². The lowest BCUT2D eigenvalue weighted by molar-refractivity contribution is 0.256. The normalized spacial score (nSPS) is 10.5. The average molecular weight is 325 g/mol. The fourth-order valence-electron chi connectivity index (χ4n) is 1.85. The quantitative estimate of drug-likeness (QED) is 0.922. The number of hydrogen-bond donors (Lipinski definition) is 1. The Hall–Kier alpha value is -1.39. The van der Waals surface area contributed by atoms with Crippen molar-refractivity contribution in [2.45, 2.75) is 20.1 Å². The molecule has 100 valence electrons. The number of halogens is 2. The van der Waals surface area contributed by atoms with Gasteiger partial charge in [-0.15, -0.1) is 0 Å². The largest absolute Gasteiger partial charge is 0.488 e. The van der Waals surface area contributed by atoms with Gasteiger partial charge in [0.05, 0.1) is 6.61 Å². The summed E-state index contributed by atoms with van der Waals surface area (Å²) in [5.74, 6) is 0.312. The highest BCUT2D eigenvalue weighted by Gasteiger charge is 2.09. The second-order valence-electron chi connectivity index (χ2n) is 4.25. The number of aliphatic hydroxyl groups excluding tert-OH is 1. The number of ether oxygens (including phenoxy) is 1. The van der Waals surface area contributed by atoms with Gasteiger partial charge in [0.25, 0.3) is 0 Å². The topological polar surface area (TPSA) is 29.5 Å². The Morgan fingerprint density at radius 3 is 2.74 bits per heavy atom. The summed E-state index contributed by atoms with van der Waals surface area (Å²) < 4.78 is 20.1. The van der Waals surface area contributed by atoms with Crippen molar-refractivity contribution in [1.29, 1.82) is 0 Å². The molecule has 1 N–H and O–H groups in total. The van der Waals surface area contributed by atoms with Crippen LogP contribution in [0.25, 0.3) is 0 Å². The molecular weight excluding hydrogens is 311 g/mol. The molecule has 0 saturated carbocycles. The number of benzene rings is 2. The highest BCUT2D eigenvalue weighted by Crippen LogP contribution is 2.25. The molecule has 0 radical (unpaired) electrons. The lowest BCUT2D eigenvalue weighted by Gasteiger charge is -2.13. The summed E-state index contributed by atoms with van der Waals surface area (Å²) in [6.07, 6.45) is 0. The molecule has 0 aliphatic rings. The van der Waals surface area contributed by atoms with E-state index in [1.807, 2.05) is 19.1 Å². The molecule has 2 rings (SSSR count). The molecule has 0 fully saturated rings. The van der Waals surface area contributed by atoms with E-state index in [1.165, 1.54) is 6.07 Å². The first-order chi connectivity index (χ1) is 9.11. The van der Waals surface area contributed by atoms with Gasteiger partial charge in [-0.2, -0.15) is 0 Å². The van der Waals surface area contributed by atoms with E-state index >= 15 is 0 Å². The Morgan fingerprint density at radius 2 is 2.00 bits per heavy atom. The molecule has 0 aromatic heterocycles. The minimum atomic E-state index is -0.303. The number of aliphatic hydroxyl groups is 1. The zero-order chi connectivity index (χ0) is 13.8. The van der Waals surface area contributed by atoms with E-state index < -0.39 is 0 Å². The minimum absolute atomic E-state index is 0.0992. The van der Waals surface area contributed by atoms with Crippen molar-refractivity contribution in [2.75, 3.05) is 0 Å². The molecule has 0 heterocycles. The Bertz CT molecular complexity index is 584. The van der Waals surface area contributed by atoms with Gasteiger partial charge >= 0.3 is 0 Å². The van der Waals surface area contributed by atoms with Crippen molar-refractivity contribution in [3.05, 3.63) is 63.4 Å². The van der Waals surface area contributed by atoms with Crippen molar-refractivity contribution < 1.29 is 14.2 Å². The van der Waals surface area contributed by atoms with Gasteiger partial charge in [0.2, 0.25) is 0 Å². The smallest absolute Gasteiger partial charge is 0.129 e. The number of aryl methyl sites for hydroxylation is 1. The molecule has 0 bridgehead atoms. The van der Waals surface area contributed by atoms with Gasteiger partial charge in [-0.25, -0.2) is 4.39 Å². The maximum absolute atomic E-state index is 13.6. The standard InChI is InChI=1S/C15H14BrFO2/c1-10-3-2-4-11(8-18)15(10)19-9-12-7-13(16)5-6-14(12)17/h2-7,18H,8-9H2,1H3. The highest BCUT2D eigenvalue weighted by atomic mass is 79.9. The fraction of sp³-hybridized carbons (Fsp3) is 0.200. The molecule has 4 heteroatoms. The van der Waals surface area contributed by atoms with Gasteiger partial charge in [-0.05, 0) is 30.7 Å². The van der Waals surface area contributed by atoms with Crippen LogP contribution in [0.4, 0.5) is 4.39 Å². The van der Waals surface area contributed by atoms with Crippen LogP contribution in [0.5, 0.6) is 5.75 Å². The third-order valence-electron chi connectivity index (χ3n) is 2.84. The fourth-order valence-corrected chi connectivity index (χ4v) is 2.26. The second kappa shape index (κ2) is 6.17. The van der Waals surface area contributed by atoms with Crippen LogP contribution in [0, 0.1) is 12.7 Å². The Kier molecular flexibility index (Phi) is 4.56. The average Bonchev–Trinajstić information content (AvgIpc) is 2.40. The maximum atomic E-state index is 13.6. The van der Waals surface area contributed by atoms with Crippen LogP contribution in [-0.4, -0.2) is 5.11 Å². The molecular formula is C15H14BrFO2. The Morgan fingerprint density at radius 1 is 1.21 bits per heavy atom. The van der Waals surface area contributed by atoms with Crippen molar-refractivity contribution >= 4 is 15.9 Å². The third kappa shape index (κ3) is 3.33. The molecule has 0 saturated heterocycles. The van der Waals surface area contributed by atoms with Crippen LogP contribution < -0.4 is 4.74 Å². The first kappa shape index (κ1) is 14.0. The molecule has 0 spiro atoms. The Labute approximate surface area is 120 Å². The summed E-state index contributed by atoms with van der Waals surface area (Å²) >= 11 is 3.30. The van der Waals surface area contributed by atoms with Crippen LogP contribution in [0.1, 0.15) is 16.7 Å². The lowest BCUT2D eigenvalue weighted by Crippen LogP contribution is -2.02. The summed E-state index contributed by atoms with van der Waals surface area (Å²) in [6.45, 7) is 1.92. The SMILES string of the molecule is Cc1cccc(CO)c1OCc1cc(Br)ccc1F. The van der Waals surface area contributed by atoms with Gasteiger partial charge in [0, 0.05) is 15.6 Å². The first-order valence-corrected chi connectivity index (χ1v) is 6.67. The van der Waals surface area contributed by atoms with Gasteiger partial charge in [-0.1, -0.05) is 34.1 Å². The molecule has 0 aliphatic heterocycles. The van der Waals surface area contributed by atoms with Crippen LogP contribution in [0.15, 0.2) is 40.9 Å². The Balaban J connectivity index is 2.21. The van der Waals surface area contributed by atoms with E-state index in [0.29, 0.717) is 16.9 Å². The van der Waals surface area contributed by atoms with Crippen molar-refractivity contribution in [3.8, 4) is 5.75 Å². The molecule has 2 nitrogen and oxygen atoms in total. The molecule has 19 heavy (non-hydrogen) atoms. The van der Waals surface area contributed by atoms with E-state index in [0.717, 1.165) is 10.0 Å². The zero-order valence-electron chi connectivity index (χ0n) is 10.5. The van der Waals surface area contributed by atoms with Crippen LogP contribution in [0.3, 0.4) is 0 Å². The number of rotatable bonds is 4. The molecule has 0 unspecified atom stereocenters. The monoisotopic (exact) mass is 324 g/mol. The first-order valence-electron chi connectivity index (χ1n) is 5.88. The van der Waals surface area contributed by atoms with E-state index in [9.17, 15) is 9.50 Å². The molecule has 2 aromatic carbocycles. The van der Waals surface area contributed by atoms with Gasteiger partial charge in [-0.3, -0.25) is 0 Å². The third-order valence-corrected chi connectivity index (χ3v) is 3.34. The predicted molar refractivity (Wildman–Crippen MR) is 75.5 cm³/mol. The maximum Gasteiger partial charge on any atom is 0.129 e. The molecule has 0 atom stereocenters. The zero-order valence-corrected chi connectivity index (χ0v) is 12.1. The van der Waals surface area contributed by atoms with Crippen LogP contribution in [-0.2, 0) is 13.2 Å². The highest BCUT2D eigenvalue weighted by molar-refractivity contribution is 9.10. The lowest BCUT2D eigenvalue weighted by atomic mass is 10.1. The van der Waals surface area contributed by atoms with Gasteiger partial charge in [0.1, 0.15) is 18.2 Å². The van der Waals surface area contributed by atoms with E-state index in [-0.39, 0.29) is 19.0 Å². The summed E-state index contributed by atoms with van der Waals surface area (Å²) in [5, 5.41) is 9.28. The summed E-state index contributed by atoms with van der Waals surface area (Å²) in [7, 11) is 0. The second-order valence-corrected chi connectivity index (χ2v) is 5.16. The van der Waals surface area contributed by atoms with Crippen LogP contribution >= 0.6 is 15.9 Å².